The Kier molecular flexibility index (Phi) is 7.74. The van der Waals surface area contributed by atoms with Crippen molar-refractivity contribution in [3.05, 3.63) is 65.7 Å². The lowest BCUT2D eigenvalue weighted by atomic mass is 9.96. The first-order valence-corrected chi connectivity index (χ1v) is 11.3. The van der Waals surface area contributed by atoms with Gasteiger partial charge in [-0.3, -0.25) is 9.59 Å². The standard InChI is InChI=1S/C25H28F2N2O5/c26-20-3-1-19(2-4-20)15-23(30)29-11-14-34-25(17-29,16-24(31)28-9-12-32-13-10-28)18-33-22-7-5-21(27)6-8-22/h1-8H,9-18H2. The van der Waals surface area contributed by atoms with E-state index >= 15 is 0 Å². The van der Waals surface area contributed by atoms with E-state index in [4.69, 9.17) is 14.2 Å². The summed E-state index contributed by atoms with van der Waals surface area (Å²) in [5.74, 6) is -0.533. The Morgan fingerprint density at radius 1 is 0.853 bits per heavy atom. The zero-order valence-electron chi connectivity index (χ0n) is 18.9. The summed E-state index contributed by atoms with van der Waals surface area (Å²) in [6, 6.07) is 11.4. The lowest BCUT2D eigenvalue weighted by Gasteiger charge is -2.43. The van der Waals surface area contributed by atoms with E-state index in [0.29, 0.717) is 44.2 Å². The van der Waals surface area contributed by atoms with Crippen LogP contribution in [0.4, 0.5) is 8.78 Å². The molecule has 2 fully saturated rings. The van der Waals surface area contributed by atoms with Crippen LogP contribution in [0.5, 0.6) is 5.75 Å². The molecule has 7 nitrogen and oxygen atoms in total. The lowest BCUT2D eigenvalue weighted by Crippen LogP contribution is -2.59. The molecule has 2 heterocycles. The van der Waals surface area contributed by atoms with E-state index in [1.807, 2.05) is 0 Å². The first-order valence-electron chi connectivity index (χ1n) is 11.3. The lowest BCUT2D eigenvalue weighted by molar-refractivity contribution is -0.167. The predicted octanol–water partition coefficient (Wildman–Crippen LogP) is 2.43. The minimum Gasteiger partial charge on any atom is -0.490 e. The van der Waals surface area contributed by atoms with Gasteiger partial charge in [-0.15, -0.1) is 0 Å². The van der Waals surface area contributed by atoms with Gasteiger partial charge in [0.05, 0.1) is 39.2 Å². The van der Waals surface area contributed by atoms with Gasteiger partial charge < -0.3 is 24.0 Å². The maximum absolute atomic E-state index is 13.3. The molecule has 2 aliphatic rings. The van der Waals surface area contributed by atoms with Gasteiger partial charge in [0.25, 0.3) is 0 Å². The quantitative estimate of drug-likeness (QED) is 0.617. The maximum Gasteiger partial charge on any atom is 0.227 e. The molecular formula is C25H28F2N2O5. The fraction of sp³-hybridized carbons (Fsp3) is 0.440. The molecule has 0 radical (unpaired) electrons. The number of carbonyl (C=O) groups is 2. The largest absolute Gasteiger partial charge is 0.490 e. The second-order valence-electron chi connectivity index (χ2n) is 8.56. The fourth-order valence-electron chi connectivity index (χ4n) is 4.14. The minimum absolute atomic E-state index is 0.0229. The maximum atomic E-state index is 13.3. The Hall–Kier alpha value is -3.04. The molecule has 4 rings (SSSR count). The summed E-state index contributed by atoms with van der Waals surface area (Å²) in [7, 11) is 0. The first-order chi connectivity index (χ1) is 16.4. The Morgan fingerprint density at radius 2 is 1.47 bits per heavy atom. The van der Waals surface area contributed by atoms with Crippen molar-refractivity contribution in [1.82, 2.24) is 9.80 Å². The predicted molar refractivity (Wildman–Crippen MR) is 119 cm³/mol. The summed E-state index contributed by atoms with van der Waals surface area (Å²) in [5, 5.41) is 0. The number of rotatable bonds is 7. The van der Waals surface area contributed by atoms with Crippen LogP contribution in [0.3, 0.4) is 0 Å². The van der Waals surface area contributed by atoms with Gasteiger partial charge in [0.1, 0.15) is 29.6 Å². The zero-order chi connectivity index (χ0) is 24.0. The molecule has 2 saturated heterocycles. The molecule has 2 aliphatic heterocycles. The van der Waals surface area contributed by atoms with Gasteiger partial charge in [0, 0.05) is 19.6 Å². The molecule has 0 saturated carbocycles. The molecule has 182 valence electrons. The molecule has 1 atom stereocenters. The molecule has 2 amide bonds. The average molecular weight is 475 g/mol. The normalized spacial score (nSPS) is 20.8. The number of amides is 2. The molecule has 2 aromatic rings. The highest BCUT2D eigenvalue weighted by atomic mass is 19.1. The number of halogens is 2. The van der Waals surface area contributed by atoms with Crippen molar-refractivity contribution >= 4 is 11.8 Å². The van der Waals surface area contributed by atoms with Crippen LogP contribution >= 0.6 is 0 Å². The van der Waals surface area contributed by atoms with E-state index in [-0.39, 0.29) is 56.0 Å². The van der Waals surface area contributed by atoms with E-state index < -0.39 is 5.60 Å². The monoisotopic (exact) mass is 474 g/mol. The fourth-order valence-corrected chi connectivity index (χ4v) is 4.14. The highest BCUT2D eigenvalue weighted by Crippen LogP contribution is 2.26. The van der Waals surface area contributed by atoms with Crippen molar-refractivity contribution < 1.29 is 32.6 Å². The third-order valence-corrected chi connectivity index (χ3v) is 6.02. The summed E-state index contributed by atoms with van der Waals surface area (Å²) < 4.78 is 43.8. The van der Waals surface area contributed by atoms with Crippen LogP contribution in [0, 0.1) is 11.6 Å². The third-order valence-electron chi connectivity index (χ3n) is 6.02. The molecule has 0 aromatic heterocycles. The zero-order valence-corrected chi connectivity index (χ0v) is 18.9. The van der Waals surface area contributed by atoms with Crippen molar-refractivity contribution in [2.24, 2.45) is 0 Å². The summed E-state index contributed by atoms with van der Waals surface area (Å²) in [6.45, 7) is 2.78. The summed E-state index contributed by atoms with van der Waals surface area (Å²) in [4.78, 5) is 29.5. The molecule has 0 bridgehead atoms. The van der Waals surface area contributed by atoms with Crippen molar-refractivity contribution in [3.63, 3.8) is 0 Å². The summed E-state index contributed by atoms with van der Waals surface area (Å²) >= 11 is 0. The molecular weight excluding hydrogens is 446 g/mol. The number of hydrogen-bond donors (Lipinski definition) is 0. The van der Waals surface area contributed by atoms with Gasteiger partial charge in [-0.1, -0.05) is 12.1 Å². The highest BCUT2D eigenvalue weighted by molar-refractivity contribution is 5.80. The molecule has 34 heavy (non-hydrogen) atoms. The van der Waals surface area contributed by atoms with E-state index in [1.165, 1.54) is 36.4 Å². The van der Waals surface area contributed by atoms with Crippen LogP contribution in [-0.4, -0.2) is 79.8 Å². The van der Waals surface area contributed by atoms with Crippen molar-refractivity contribution in [2.45, 2.75) is 18.4 Å². The Labute approximate surface area is 197 Å². The molecule has 0 N–H and O–H groups in total. The van der Waals surface area contributed by atoms with Gasteiger partial charge in [0.15, 0.2) is 0 Å². The number of morpholine rings is 2. The second-order valence-corrected chi connectivity index (χ2v) is 8.56. The van der Waals surface area contributed by atoms with E-state index in [0.717, 1.165) is 0 Å². The Morgan fingerprint density at radius 3 is 2.15 bits per heavy atom. The van der Waals surface area contributed by atoms with Crippen molar-refractivity contribution in [2.75, 3.05) is 52.6 Å². The third kappa shape index (κ3) is 6.30. The molecule has 0 aliphatic carbocycles. The second kappa shape index (κ2) is 10.9. The van der Waals surface area contributed by atoms with E-state index in [2.05, 4.69) is 0 Å². The Balaban J connectivity index is 1.48. The minimum atomic E-state index is -1.06. The van der Waals surface area contributed by atoms with Crippen LogP contribution in [0.1, 0.15) is 12.0 Å². The van der Waals surface area contributed by atoms with Crippen molar-refractivity contribution in [1.29, 1.82) is 0 Å². The topological polar surface area (TPSA) is 68.3 Å². The van der Waals surface area contributed by atoms with E-state index in [1.54, 1.807) is 21.9 Å². The number of carbonyl (C=O) groups excluding carboxylic acids is 2. The highest BCUT2D eigenvalue weighted by Gasteiger charge is 2.42. The molecule has 2 aromatic carbocycles. The van der Waals surface area contributed by atoms with Crippen LogP contribution in [0.15, 0.2) is 48.5 Å². The van der Waals surface area contributed by atoms with Crippen LogP contribution in [0.25, 0.3) is 0 Å². The molecule has 0 spiro atoms. The van der Waals surface area contributed by atoms with Crippen LogP contribution in [-0.2, 0) is 25.5 Å². The number of nitrogens with zero attached hydrogens (tertiary/aromatic N) is 2. The van der Waals surface area contributed by atoms with Gasteiger partial charge in [0.2, 0.25) is 11.8 Å². The summed E-state index contributed by atoms with van der Waals surface area (Å²) in [5.41, 5.74) is -0.351. The molecule has 9 heteroatoms. The van der Waals surface area contributed by atoms with E-state index in [9.17, 15) is 18.4 Å². The smallest absolute Gasteiger partial charge is 0.227 e. The number of hydrogen-bond acceptors (Lipinski definition) is 5. The van der Waals surface area contributed by atoms with Gasteiger partial charge >= 0.3 is 0 Å². The number of benzene rings is 2. The van der Waals surface area contributed by atoms with Crippen LogP contribution in [0.2, 0.25) is 0 Å². The average Bonchev–Trinajstić information content (AvgIpc) is 2.86. The van der Waals surface area contributed by atoms with Crippen LogP contribution < -0.4 is 4.74 Å². The van der Waals surface area contributed by atoms with Gasteiger partial charge in [-0.05, 0) is 42.0 Å². The van der Waals surface area contributed by atoms with Crippen molar-refractivity contribution in [3.8, 4) is 5.75 Å². The molecule has 1 unspecified atom stereocenters. The summed E-state index contributed by atoms with van der Waals surface area (Å²) in [6.07, 6.45) is 0.154. The van der Waals surface area contributed by atoms with Gasteiger partial charge in [-0.2, -0.15) is 0 Å². The first kappa shape index (κ1) is 24.1. The Bertz CT molecular complexity index is 980. The van der Waals surface area contributed by atoms with Gasteiger partial charge in [-0.25, -0.2) is 8.78 Å². The SMILES string of the molecule is O=C(CC1(COc2ccc(F)cc2)CN(C(=O)Cc2ccc(F)cc2)CCO1)N1CCOCC1. The number of ether oxygens (including phenoxy) is 3.